The highest BCUT2D eigenvalue weighted by molar-refractivity contribution is 7.14. The number of nitrogens with zero attached hydrogens (tertiary/aromatic N) is 2. The SMILES string of the molecule is COc1ccc(-c2csc(NC(=O)CN3C(=O)NC(C)(c4ccc5ccccc5c4)C3=O)n2)cc1. The fourth-order valence-corrected chi connectivity index (χ4v) is 4.80. The van der Waals surface area contributed by atoms with E-state index in [4.69, 9.17) is 4.74 Å². The van der Waals surface area contributed by atoms with Gasteiger partial charge in [-0.25, -0.2) is 9.78 Å². The molecule has 0 aliphatic carbocycles. The summed E-state index contributed by atoms with van der Waals surface area (Å²) in [6.45, 7) is 1.24. The quantitative estimate of drug-likeness (QED) is 0.394. The van der Waals surface area contributed by atoms with Gasteiger partial charge >= 0.3 is 6.03 Å². The lowest BCUT2D eigenvalue weighted by molar-refractivity contribution is -0.133. The summed E-state index contributed by atoms with van der Waals surface area (Å²) in [5, 5.41) is 9.63. The third-order valence-electron chi connectivity index (χ3n) is 6.04. The lowest BCUT2D eigenvalue weighted by Crippen LogP contribution is -2.42. The first kappa shape index (κ1) is 22.5. The zero-order chi connectivity index (χ0) is 24.6. The standard InChI is InChI=1S/C26H22N4O4S/c1-26(19-10-7-16-5-3-4-6-18(16)13-19)23(32)30(25(33)29-26)14-22(31)28-24-27-21(15-35-24)17-8-11-20(34-2)12-9-17/h3-13,15H,14H2,1-2H3,(H,29,33)(H,27,28,31). The van der Waals surface area contributed by atoms with Crippen molar-refractivity contribution in [2.24, 2.45) is 0 Å². The number of carbonyl (C=O) groups excluding carboxylic acids is 3. The van der Waals surface area contributed by atoms with Gasteiger partial charge in [-0.2, -0.15) is 0 Å². The van der Waals surface area contributed by atoms with Crippen molar-refractivity contribution in [1.82, 2.24) is 15.2 Å². The Kier molecular flexibility index (Phi) is 5.70. The summed E-state index contributed by atoms with van der Waals surface area (Å²) in [5.41, 5.74) is 0.973. The second-order valence-electron chi connectivity index (χ2n) is 8.32. The average molecular weight is 487 g/mol. The van der Waals surface area contributed by atoms with E-state index in [2.05, 4.69) is 15.6 Å². The minimum atomic E-state index is -1.26. The Hall–Kier alpha value is -4.24. The minimum absolute atomic E-state index is 0.380. The molecule has 0 radical (unpaired) electrons. The summed E-state index contributed by atoms with van der Waals surface area (Å²) in [5.74, 6) is -0.250. The molecular weight excluding hydrogens is 464 g/mol. The average Bonchev–Trinajstić information content (AvgIpc) is 3.42. The molecule has 0 spiro atoms. The molecule has 4 aromatic rings. The third-order valence-corrected chi connectivity index (χ3v) is 6.80. The van der Waals surface area contributed by atoms with Gasteiger partial charge < -0.3 is 15.4 Å². The summed E-state index contributed by atoms with van der Waals surface area (Å²) in [6, 6.07) is 20.2. The number of fused-ring (bicyclic) bond motifs is 1. The molecule has 176 valence electrons. The fourth-order valence-electron chi connectivity index (χ4n) is 4.06. The molecule has 3 aromatic carbocycles. The number of rotatable bonds is 6. The number of thiazole rings is 1. The molecule has 0 bridgehead atoms. The number of amides is 4. The highest BCUT2D eigenvalue weighted by atomic mass is 32.1. The van der Waals surface area contributed by atoms with E-state index in [0.717, 1.165) is 27.0 Å². The molecule has 1 unspecified atom stereocenters. The van der Waals surface area contributed by atoms with Crippen molar-refractivity contribution < 1.29 is 19.1 Å². The van der Waals surface area contributed by atoms with Gasteiger partial charge in [0, 0.05) is 10.9 Å². The van der Waals surface area contributed by atoms with E-state index in [-0.39, 0.29) is 0 Å². The molecule has 1 saturated heterocycles. The highest BCUT2D eigenvalue weighted by Gasteiger charge is 2.49. The summed E-state index contributed by atoms with van der Waals surface area (Å²) in [7, 11) is 1.60. The van der Waals surface area contributed by atoms with Crippen LogP contribution in [0.2, 0.25) is 0 Å². The van der Waals surface area contributed by atoms with Crippen LogP contribution in [0.5, 0.6) is 5.75 Å². The normalized spacial score (nSPS) is 17.5. The van der Waals surface area contributed by atoms with Crippen LogP contribution in [0, 0.1) is 0 Å². The van der Waals surface area contributed by atoms with Crippen LogP contribution in [0.4, 0.5) is 9.93 Å². The van der Waals surface area contributed by atoms with Crippen molar-refractivity contribution in [2.45, 2.75) is 12.5 Å². The molecular formula is C26H22N4O4S. The van der Waals surface area contributed by atoms with Gasteiger partial charge in [0.25, 0.3) is 5.91 Å². The number of methoxy groups -OCH3 is 1. The Balaban J connectivity index is 1.28. The van der Waals surface area contributed by atoms with Gasteiger partial charge in [-0.05, 0) is 53.6 Å². The molecule has 1 fully saturated rings. The first-order valence-corrected chi connectivity index (χ1v) is 11.8. The number of anilines is 1. The van der Waals surface area contributed by atoms with Crippen molar-refractivity contribution in [2.75, 3.05) is 19.0 Å². The van der Waals surface area contributed by atoms with Crippen LogP contribution in [0.1, 0.15) is 12.5 Å². The van der Waals surface area contributed by atoms with Crippen LogP contribution in [-0.2, 0) is 15.1 Å². The Morgan fingerprint density at radius 2 is 1.83 bits per heavy atom. The van der Waals surface area contributed by atoms with Gasteiger partial charge in [0.05, 0.1) is 12.8 Å². The van der Waals surface area contributed by atoms with Gasteiger partial charge in [0.1, 0.15) is 17.8 Å². The monoisotopic (exact) mass is 486 g/mol. The maximum Gasteiger partial charge on any atom is 0.325 e. The van der Waals surface area contributed by atoms with Crippen LogP contribution < -0.4 is 15.4 Å². The Bertz CT molecular complexity index is 1450. The van der Waals surface area contributed by atoms with E-state index in [1.54, 1.807) is 14.0 Å². The largest absolute Gasteiger partial charge is 0.497 e. The summed E-state index contributed by atoms with van der Waals surface area (Å²) >= 11 is 1.26. The molecule has 1 aromatic heterocycles. The minimum Gasteiger partial charge on any atom is -0.497 e. The first-order valence-electron chi connectivity index (χ1n) is 10.9. The first-order chi connectivity index (χ1) is 16.9. The molecule has 9 heteroatoms. The summed E-state index contributed by atoms with van der Waals surface area (Å²) in [4.78, 5) is 43.9. The molecule has 1 atom stereocenters. The number of urea groups is 1. The van der Waals surface area contributed by atoms with Crippen molar-refractivity contribution >= 4 is 45.1 Å². The van der Waals surface area contributed by atoms with Gasteiger partial charge in [-0.1, -0.05) is 36.4 Å². The van der Waals surface area contributed by atoms with Crippen LogP contribution in [0.15, 0.2) is 72.1 Å². The predicted molar refractivity (Wildman–Crippen MR) is 134 cm³/mol. The number of carbonyl (C=O) groups is 3. The highest BCUT2D eigenvalue weighted by Crippen LogP contribution is 2.31. The van der Waals surface area contributed by atoms with E-state index in [0.29, 0.717) is 16.4 Å². The number of imide groups is 1. The molecule has 8 nitrogen and oxygen atoms in total. The maximum atomic E-state index is 13.2. The van der Waals surface area contributed by atoms with Gasteiger partial charge in [0.15, 0.2) is 5.13 Å². The van der Waals surface area contributed by atoms with E-state index in [1.165, 1.54) is 11.3 Å². The maximum absolute atomic E-state index is 13.2. The lowest BCUT2D eigenvalue weighted by atomic mass is 9.90. The Morgan fingerprint density at radius 1 is 1.09 bits per heavy atom. The molecule has 1 aliphatic rings. The molecule has 2 heterocycles. The predicted octanol–water partition coefficient (Wildman–Crippen LogP) is 4.38. The van der Waals surface area contributed by atoms with Gasteiger partial charge in [-0.15, -0.1) is 11.3 Å². The van der Waals surface area contributed by atoms with E-state index in [9.17, 15) is 14.4 Å². The van der Waals surface area contributed by atoms with Crippen LogP contribution in [-0.4, -0.2) is 41.4 Å². The fraction of sp³-hybridized carbons (Fsp3) is 0.154. The summed E-state index contributed by atoms with van der Waals surface area (Å²) in [6.07, 6.45) is 0. The van der Waals surface area contributed by atoms with Crippen molar-refractivity contribution in [3.8, 4) is 17.0 Å². The number of benzene rings is 3. The molecule has 2 N–H and O–H groups in total. The zero-order valence-corrected chi connectivity index (χ0v) is 19.9. The topological polar surface area (TPSA) is 101 Å². The van der Waals surface area contributed by atoms with Crippen LogP contribution in [0.3, 0.4) is 0 Å². The molecule has 5 rings (SSSR count). The molecule has 1 aliphatic heterocycles. The van der Waals surface area contributed by atoms with Crippen molar-refractivity contribution in [3.05, 3.63) is 77.7 Å². The van der Waals surface area contributed by atoms with Gasteiger partial charge in [0.2, 0.25) is 5.91 Å². The lowest BCUT2D eigenvalue weighted by Gasteiger charge is -2.22. The van der Waals surface area contributed by atoms with Crippen LogP contribution >= 0.6 is 11.3 Å². The molecule has 4 amide bonds. The van der Waals surface area contributed by atoms with Crippen molar-refractivity contribution in [1.29, 1.82) is 0 Å². The van der Waals surface area contributed by atoms with E-state index < -0.39 is 29.9 Å². The second kappa shape index (κ2) is 8.84. The second-order valence-corrected chi connectivity index (χ2v) is 9.18. The Morgan fingerprint density at radius 3 is 2.57 bits per heavy atom. The Labute approximate surface area is 205 Å². The van der Waals surface area contributed by atoms with Gasteiger partial charge in [-0.3, -0.25) is 14.5 Å². The number of nitrogens with one attached hydrogen (secondary N) is 2. The number of hydrogen-bond donors (Lipinski definition) is 2. The number of ether oxygens (including phenoxy) is 1. The van der Waals surface area contributed by atoms with E-state index >= 15 is 0 Å². The third kappa shape index (κ3) is 4.22. The smallest absolute Gasteiger partial charge is 0.325 e. The molecule has 35 heavy (non-hydrogen) atoms. The molecule has 0 saturated carbocycles. The summed E-state index contributed by atoms with van der Waals surface area (Å²) < 4.78 is 5.17. The zero-order valence-electron chi connectivity index (χ0n) is 19.1. The van der Waals surface area contributed by atoms with E-state index in [1.807, 2.05) is 72.1 Å². The van der Waals surface area contributed by atoms with Crippen molar-refractivity contribution in [3.63, 3.8) is 0 Å². The van der Waals surface area contributed by atoms with Crippen LogP contribution in [0.25, 0.3) is 22.0 Å². The number of aromatic nitrogens is 1. The number of hydrogen-bond acceptors (Lipinski definition) is 6.